The highest BCUT2D eigenvalue weighted by atomic mass is 79.9. The van der Waals surface area contributed by atoms with Gasteiger partial charge in [-0.3, -0.25) is 4.79 Å². The van der Waals surface area contributed by atoms with Crippen LogP contribution in [0.2, 0.25) is 10.0 Å². The first-order chi connectivity index (χ1) is 14.6. The summed E-state index contributed by atoms with van der Waals surface area (Å²) >= 11 is 18.4. The van der Waals surface area contributed by atoms with E-state index in [1.807, 2.05) is 0 Å². The van der Waals surface area contributed by atoms with Gasteiger partial charge in [-0.25, -0.2) is 4.68 Å². The molecule has 0 bridgehead atoms. The molecule has 0 unspecified atom stereocenters. The van der Waals surface area contributed by atoms with Gasteiger partial charge >= 0.3 is 6.18 Å². The molecule has 2 atom stereocenters. The summed E-state index contributed by atoms with van der Waals surface area (Å²) in [6.45, 7) is 0. The summed E-state index contributed by atoms with van der Waals surface area (Å²) in [6, 6.07) is 5.04. The predicted molar refractivity (Wildman–Crippen MR) is 117 cm³/mol. The van der Waals surface area contributed by atoms with E-state index in [9.17, 15) is 18.0 Å². The monoisotopic (exact) mass is 600 g/mol. The van der Waals surface area contributed by atoms with Gasteiger partial charge in [0.25, 0.3) is 5.91 Å². The van der Waals surface area contributed by atoms with Crippen LogP contribution >= 0.6 is 55.1 Å². The number of anilines is 2. The third kappa shape index (κ3) is 4.33. The standard InChI is InChI=1S/C18H11Br2Cl2F3N4O2/c19-12-5-4-10(31-12)9-6-11(18(23,24)25)29-16(26-9)13(20)15(28-29)17(30)27-8-3-1-2-7(21)14(8)22/h1-5,9,11,26H,6H2,(H,27,30)/t9-,11-/m1/s1. The van der Waals surface area contributed by atoms with Crippen LogP contribution in [-0.4, -0.2) is 21.9 Å². The first-order valence-electron chi connectivity index (χ1n) is 8.68. The van der Waals surface area contributed by atoms with Crippen LogP contribution in [0.15, 0.2) is 43.9 Å². The molecule has 1 aromatic carbocycles. The van der Waals surface area contributed by atoms with Gasteiger partial charge < -0.3 is 15.1 Å². The fourth-order valence-electron chi connectivity index (χ4n) is 3.22. The Kier molecular flexibility index (Phi) is 6.06. The third-order valence-electron chi connectivity index (χ3n) is 4.65. The minimum absolute atomic E-state index is 0.00781. The number of carbonyl (C=O) groups is 1. The van der Waals surface area contributed by atoms with E-state index < -0.39 is 24.2 Å². The number of fused-ring (bicyclic) bond motifs is 1. The molecule has 0 saturated heterocycles. The summed E-state index contributed by atoms with van der Waals surface area (Å²) in [4.78, 5) is 12.8. The summed E-state index contributed by atoms with van der Waals surface area (Å²) in [5.41, 5.74) is -0.0373. The normalized spacial score (nSPS) is 18.4. The van der Waals surface area contributed by atoms with Crippen molar-refractivity contribution in [2.75, 3.05) is 10.6 Å². The Morgan fingerprint density at radius 2 is 2.00 bits per heavy atom. The topological polar surface area (TPSA) is 72.1 Å². The van der Waals surface area contributed by atoms with Crippen LogP contribution in [0, 0.1) is 0 Å². The highest BCUT2D eigenvalue weighted by Gasteiger charge is 2.48. The number of benzene rings is 1. The molecule has 0 fully saturated rings. The largest absolute Gasteiger partial charge is 0.452 e. The van der Waals surface area contributed by atoms with Crippen molar-refractivity contribution in [2.24, 2.45) is 0 Å². The highest BCUT2D eigenvalue weighted by molar-refractivity contribution is 9.10. The van der Waals surface area contributed by atoms with Crippen molar-refractivity contribution in [3.63, 3.8) is 0 Å². The SMILES string of the molecule is O=C(Nc1cccc(Cl)c1Cl)c1nn2c(c1Br)N[C@@H](c1ccc(Br)o1)C[C@@H]2C(F)(F)F. The van der Waals surface area contributed by atoms with Crippen LogP contribution in [0.5, 0.6) is 0 Å². The van der Waals surface area contributed by atoms with E-state index in [2.05, 4.69) is 47.6 Å². The maximum absolute atomic E-state index is 13.8. The van der Waals surface area contributed by atoms with Crippen molar-refractivity contribution in [2.45, 2.75) is 24.7 Å². The number of nitrogens with one attached hydrogen (secondary N) is 2. The Balaban J connectivity index is 1.71. The van der Waals surface area contributed by atoms with E-state index >= 15 is 0 Å². The second-order valence-corrected chi connectivity index (χ2v) is 9.00. The second-order valence-electron chi connectivity index (χ2n) is 6.64. The zero-order valence-corrected chi connectivity index (χ0v) is 19.8. The van der Waals surface area contributed by atoms with Crippen LogP contribution in [0.25, 0.3) is 0 Å². The van der Waals surface area contributed by atoms with Crippen LogP contribution in [-0.2, 0) is 0 Å². The average Bonchev–Trinajstić information content (AvgIpc) is 3.27. The molecule has 0 radical (unpaired) electrons. The number of hydrogen-bond donors (Lipinski definition) is 2. The van der Waals surface area contributed by atoms with Crippen molar-refractivity contribution in [1.82, 2.24) is 9.78 Å². The molecule has 164 valence electrons. The van der Waals surface area contributed by atoms with E-state index in [0.717, 1.165) is 4.68 Å². The highest BCUT2D eigenvalue weighted by Crippen LogP contribution is 2.46. The van der Waals surface area contributed by atoms with Crippen LogP contribution in [0.3, 0.4) is 0 Å². The van der Waals surface area contributed by atoms with Gasteiger partial charge in [-0.2, -0.15) is 18.3 Å². The Morgan fingerprint density at radius 3 is 2.65 bits per heavy atom. The first kappa shape index (κ1) is 22.5. The summed E-state index contributed by atoms with van der Waals surface area (Å²) in [5, 5.41) is 9.75. The number of rotatable bonds is 3. The Morgan fingerprint density at radius 1 is 1.26 bits per heavy atom. The van der Waals surface area contributed by atoms with Crippen molar-refractivity contribution in [1.29, 1.82) is 0 Å². The summed E-state index contributed by atoms with van der Waals surface area (Å²) in [7, 11) is 0. The van der Waals surface area contributed by atoms with Crippen molar-refractivity contribution in [3.05, 3.63) is 61.0 Å². The molecule has 6 nitrogen and oxygen atoms in total. The molecule has 2 N–H and O–H groups in total. The molecule has 2 aromatic heterocycles. The van der Waals surface area contributed by atoms with Gasteiger partial charge in [0.1, 0.15) is 11.6 Å². The number of nitrogens with zero attached hydrogens (tertiary/aromatic N) is 2. The van der Waals surface area contributed by atoms with Crippen LogP contribution < -0.4 is 10.6 Å². The zero-order valence-electron chi connectivity index (χ0n) is 15.1. The first-order valence-corrected chi connectivity index (χ1v) is 11.0. The molecule has 31 heavy (non-hydrogen) atoms. The molecule has 3 aromatic rings. The van der Waals surface area contributed by atoms with Crippen LogP contribution in [0.4, 0.5) is 24.7 Å². The quantitative estimate of drug-likeness (QED) is 0.332. The number of aromatic nitrogens is 2. The molecule has 13 heteroatoms. The maximum atomic E-state index is 13.8. The molecular weight excluding hydrogens is 592 g/mol. The van der Waals surface area contributed by atoms with E-state index in [-0.39, 0.29) is 38.1 Å². The second kappa shape index (κ2) is 8.34. The van der Waals surface area contributed by atoms with Gasteiger partial charge in [0, 0.05) is 6.42 Å². The van der Waals surface area contributed by atoms with E-state index in [1.165, 1.54) is 12.1 Å². The zero-order chi connectivity index (χ0) is 22.5. The van der Waals surface area contributed by atoms with Gasteiger partial charge in [0.15, 0.2) is 16.4 Å². The number of carbonyl (C=O) groups excluding carboxylic acids is 1. The van der Waals surface area contributed by atoms with Gasteiger partial charge in [-0.15, -0.1) is 0 Å². The Bertz CT molecular complexity index is 1170. The van der Waals surface area contributed by atoms with Crippen LogP contribution in [0.1, 0.15) is 34.8 Å². The molecule has 3 heterocycles. The number of hydrogen-bond acceptors (Lipinski definition) is 4. The smallest absolute Gasteiger partial charge is 0.410 e. The number of furan rings is 1. The Labute approximate surface area is 200 Å². The Hall–Kier alpha value is -1.69. The fraction of sp³-hybridized carbons (Fsp3) is 0.222. The van der Waals surface area contributed by atoms with Gasteiger partial charge in [-0.05, 0) is 56.1 Å². The lowest BCUT2D eigenvalue weighted by molar-refractivity contribution is -0.174. The molecule has 1 aliphatic rings. The van der Waals surface area contributed by atoms with Gasteiger partial charge in [-0.1, -0.05) is 29.3 Å². The van der Waals surface area contributed by atoms with E-state index in [1.54, 1.807) is 18.2 Å². The number of alkyl halides is 3. The number of halogens is 7. The van der Waals surface area contributed by atoms with Crippen molar-refractivity contribution >= 4 is 72.5 Å². The molecule has 0 aliphatic carbocycles. The molecule has 1 aliphatic heterocycles. The van der Waals surface area contributed by atoms with Gasteiger partial charge in [0.05, 0.1) is 26.2 Å². The minimum atomic E-state index is -4.60. The van der Waals surface area contributed by atoms with Gasteiger partial charge in [0.2, 0.25) is 0 Å². The molecule has 0 saturated carbocycles. The summed E-state index contributed by atoms with van der Waals surface area (Å²) in [6.07, 6.45) is -4.97. The maximum Gasteiger partial charge on any atom is 0.410 e. The average molecular weight is 603 g/mol. The predicted octanol–water partition coefficient (Wildman–Crippen LogP) is 7.22. The van der Waals surface area contributed by atoms with Crippen molar-refractivity contribution < 1.29 is 22.4 Å². The minimum Gasteiger partial charge on any atom is -0.452 e. The number of amides is 1. The molecular formula is C18H11Br2Cl2F3N4O2. The molecule has 0 spiro atoms. The molecule has 4 rings (SSSR count). The lowest BCUT2D eigenvalue weighted by Gasteiger charge is -2.32. The van der Waals surface area contributed by atoms with E-state index in [0.29, 0.717) is 10.4 Å². The lowest BCUT2D eigenvalue weighted by atomic mass is 10.0. The van der Waals surface area contributed by atoms with E-state index in [4.69, 9.17) is 27.6 Å². The fourth-order valence-corrected chi connectivity index (χ4v) is 4.44. The van der Waals surface area contributed by atoms with Crippen molar-refractivity contribution in [3.8, 4) is 0 Å². The third-order valence-corrected chi connectivity index (χ3v) is 6.64. The molecule has 1 amide bonds. The summed E-state index contributed by atoms with van der Waals surface area (Å²) in [5.74, 6) is -0.427. The lowest BCUT2D eigenvalue weighted by Crippen LogP contribution is -2.35. The summed E-state index contributed by atoms with van der Waals surface area (Å²) < 4.78 is 48.1.